The van der Waals surface area contributed by atoms with Crippen molar-refractivity contribution in [3.63, 3.8) is 0 Å². The Morgan fingerprint density at radius 1 is 1.28 bits per heavy atom. The number of nitrogens with one attached hydrogen (secondary N) is 2. The molecule has 1 aliphatic rings. The Balaban J connectivity index is 2.14. The highest BCUT2D eigenvalue weighted by Crippen LogP contribution is 2.14. The number of Topliss-reactive ketones (excluding diaryl/α,β-unsaturated/α-hetero) is 1. The number of ether oxygens (including phenoxy) is 1. The molecular weight excluding hydrogens is 344 g/mol. The van der Waals surface area contributed by atoms with E-state index in [1.54, 1.807) is 20.8 Å². The minimum Gasteiger partial charge on any atom is -0.444 e. The molecule has 7 nitrogen and oxygen atoms in total. The van der Waals surface area contributed by atoms with Gasteiger partial charge in [-0.3, -0.25) is 4.79 Å². The first-order chi connectivity index (χ1) is 11.6. The molecule has 1 saturated heterocycles. The normalized spacial score (nSPS) is 20.7. The van der Waals surface area contributed by atoms with Crippen molar-refractivity contribution in [3.05, 3.63) is 35.9 Å². The molecule has 0 radical (unpaired) electrons. The Morgan fingerprint density at radius 2 is 1.92 bits per heavy atom. The molecule has 1 aromatic carbocycles. The second-order valence-electron chi connectivity index (χ2n) is 7.07. The molecule has 2 unspecified atom stereocenters. The van der Waals surface area contributed by atoms with E-state index in [0.717, 1.165) is 5.56 Å². The molecule has 1 heterocycles. The summed E-state index contributed by atoms with van der Waals surface area (Å²) in [5.74, 6) is -0.454. The Bertz CT molecular complexity index is 725. The van der Waals surface area contributed by atoms with Gasteiger partial charge in [0.05, 0.1) is 17.8 Å². The van der Waals surface area contributed by atoms with Crippen LogP contribution in [0.4, 0.5) is 4.79 Å². The number of carbonyl (C=O) groups excluding carboxylic acids is 2. The van der Waals surface area contributed by atoms with Crippen LogP contribution in [-0.4, -0.2) is 43.7 Å². The van der Waals surface area contributed by atoms with Gasteiger partial charge in [-0.2, -0.15) is 0 Å². The number of ketones is 1. The van der Waals surface area contributed by atoms with Crippen LogP contribution in [0.1, 0.15) is 32.8 Å². The topological polar surface area (TPSA) is 102 Å². The van der Waals surface area contributed by atoms with Gasteiger partial charge in [0, 0.05) is 0 Å². The van der Waals surface area contributed by atoms with Gasteiger partial charge in [-0.15, -0.1) is 0 Å². The van der Waals surface area contributed by atoms with Crippen molar-refractivity contribution < 1.29 is 22.7 Å². The third-order valence-corrected chi connectivity index (χ3v) is 5.07. The fourth-order valence-corrected chi connectivity index (χ4v) is 3.90. The first-order valence-electron chi connectivity index (χ1n) is 8.13. The first-order valence-corrected chi connectivity index (χ1v) is 9.78. The number of alkyl carbamates (subject to hydrolysis) is 1. The lowest BCUT2D eigenvalue weighted by atomic mass is 9.97. The molecule has 2 atom stereocenters. The molecule has 1 fully saturated rings. The predicted octanol–water partition coefficient (Wildman–Crippen LogP) is 1.38. The summed E-state index contributed by atoms with van der Waals surface area (Å²) in [6, 6.07) is 7.51. The number of amides is 1. The lowest BCUT2D eigenvalue weighted by Gasteiger charge is -2.24. The molecule has 0 aliphatic carbocycles. The number of benzene rings is 1. The monoisotopic (exact) mass is 368 g/mol. The van der Waals surface area contributed by atoms with Gasteiger partial charge < -0.3 is 10.1 Å². The Hall–Kier alpha value is -1.93. The number of rotatable bonds is 5. The van der Waals surface area contributed by atoms with Crippen LogP contribution in [0.3, 0.4) is 0 Å². The van der Waals surface area contributed by atoms with Crippen LogP contribution in [0.5, 0.6) is 0 Å². The maximum atomic E-state index is 12.7. The van der Waals surface area contributed by atoms with Gasteiger partial charge in [-0.25, -0.2) is 17.9 Å². The Kier molecular flexibility index (Phi) is 5.84. The molecule has 138 valence electrons. The number of hydrogen-bond acceptors (Lipinski definition) is 5. The quantitative estimate of drug-likeness (QED) is 0.818. The number of sulfonamides is 1. The van der Waals surface area contributed by atoms with Crippen molar-refractivity contribution in [2.45, 2.75) is 51.3 Å². The molecule has 1 amide bonds. The molecular formula is C17H24N2O5S. The number of carbonyl (C=O) groups is 2. The fraction of sp³-hybridized carbons (Fsp3) is 0.529. The van der Waals surface area contributed by atoms with Gasteiger partial charge in [-0.05, 0) is 39.2 Å². The van der Waals surface area contributed by atoms with E-state index < -0.39 is 33.8 Å². The fourth-order valence-electron chi connectivity index (χ4n) is 2.57. The van der Waals surface area contributed by atoms with Crippen molar-refractivity contribution in [1.82, 2.24) is 10.0 Å². The highest BCUT2D eigenvalue weighted by molar-refractivity contribution is 7.89. The molecule has 0 spiro atoms. The maximum Gasteiger partial charge on any atom is 0.408 e. The summed E-state index contributed by atoms with van der Waals surface area (Å²) in [5.41, 5.74) is 0.164. The molecule has 2 rings (SSSR count). The molecule has 25 heavy (non-hydrogen) atoms. The largest absolute Gasteiger partial charge is 0.444 e. The molecule has 8 heteroatoms. The zero-order chi connectivity index (χ0) is 18.7. The average Bonchev–Trinajstić information content (AvgIpc) is 2.85. The molecule has 2 N–H and O–H groups in total. The summed E-state index contributed by atoms with van der Waals surface area (Å²) in [6.07, 6.45) is -0.248. The van der Waals surface area contributed by atoms with Crippen LogP contribution in [0.2, 0.25) is 0 Å². The Morgan fingerprint density at radius 3 is 2.44 bits per heavy atom. The van der Waals surface area contributed by atoms with Crippen LogP contribution in [-0.2, 0) is 26.0 Å². The minimum atomic E-state index is -3.42. The van der Waals surface area contributed by atoms with Crippen molar-refractivity contribution >= 4 is 21.9 Å². The van der Waals surface area contributed by atoms with Crippen molar-refractivity contribution in [3.8, 4) is 0 Å². The minimum absolute atomic E-state index is 0.0894. The van der Waals surface area contributed by atoms with Gasteiger partial charge >= 0.3 is 6.09 Å². The van der Waals surface area contributed by atoms with Gasteiger partial charge in [0.1, 0.15) is 5.60 Å². The van der Waals surface area contributed by atoms with Crippen LogP contribution in [0.15, 0.2) is 30.3 Å². The van der Waals surface area contributed by atoms with Crippen LogP contribution < -0.4 is 10.0 Å². The summed E-state index contributed by atoms with van der Waals surface area (Å²) in [4.78, 5) is 24.8. The molecule has 1 aromatic rings. The third kappa shape index (κ3) is 6.13. The third-order valence-electron chi connectivity index (χ3n) is 3.66. The summed E-state index contributed by atoms with van der Waals surface area (Å²) in [7, 11) is -3.42. The highest BCUT2D eigenvalue weighted by atomic mass is 32.2. The van der Waals surface area contributed by atoms with E-state index in [-0.39, 0.29) is 24.4 Å². The lowest BCUT2D eigenvalue weighted by Crippen LogP contribution is -2.50. The van der Waals surface area contributed by atoms with E-state index >= 15 is 0 Å². The lowest BCUT2D eigenvalue weighted by molar-refractivity contribution is -0.122. The van der Waals surface area contributed by atoms with Crippen molar-refractivity contribution in [1.29, 1.82) is 0 Å². The molecule has 0 bridgehead atoms. The van der Waals surface area contributed by atoms with E-state index in [0.29, 0.717) is 0 Å². The first kappa shape index (κ1) is 19.4. The van der Waals surface area contributed by atoms with Crippen molar-refractivity contribution in [2.75, 3.05) is 5.75 Å². The van der Waals surface area contributed by atoms with E-state index in [4.69, 9.17) is 4.74 Å². The Labute approximate surface area is 148 Å². The van der Waals surface area contributed by atoms with E-state index in [2.05, 4.69) is 10.0 Å². The van der Waals surface area contributed by atoms with Crippen LogP contribution >= 0.6 is 0 Å². The average molecular weight is 368 g/mol. The molecule has 0 saturated carbocycles. The van der Waals surface area contributed by atoms with E-state index in [1.165, 1.54) is 0 Å². The summed E-state index contributed by atoms with van der Waals surface area (Å²) in [6.45, 7) is 5.18. The highest BCUT2D eigenvalue weighted by Gasteiger charge is 2.36. The van der Waals surface area contributed by atoms with E-state index in [9.17, 15) is 18.0 Å². The summed E-state index contributed by atoms with van der Waals surface area (Å²) >= 11 is 0. The molecule has 0 aromatic heterocycles. The smallest absolute Gasteiger partial charge is 0.408 e. The van der Waals surface area contributed by atoms with Gasteiger partial charge in [0.15, 0.2) is 5.78 Å². The van der Waals surface area contributed by atoms with Crippen LogP contribution in [0.25, 0.3) is 0 Å². The maximum absolute atomic E-state index is 12.7. The van der Waals surface area contributed by atoms with Crippen molar-refractivity contribution in [2.24, 2.45) is 0 Å². The van der Waals surface area contributed by atoms with Gasteiger partial charge in [0.2, 0.25) is 10.0 Å². The van der Waals surface area contributed by atoms with Crippen LogP contribution in [0, 0.1) is 0 Å². The second kappa shape index (κ2) is 7.53. The van der Waals surface area contributed by atoms with E-state index in [1.807, 2.05) is 30.3 Å². The second-order valence-corrected chi connectivity index (χ2v) is 8.94. The standard InChI is InChI=1S/C17H24N2O5S/c1-17(2,3)24-16(21)18-14(11-12-7-5-4-6-8-12)15(20)13-9-10-25(22,23)19-13/h4-8,13-14,19H,9-11H2,1-3H3,(H,18,21). The zero-order valence-corrected chi connectivity index (χ0v) is 15.4. The zero-order valence-electron chi connectivity index (χ0n) is 14.6. The van der Waals surface area contributed by atoms with Gasteiger partial charge in [0.25, 0.3) is 0 Å². The summed E-state index contributed by atoms with van der Waals surface area (Å²) in [5, 5.41) is 2.58. The number of hydrogen-bond donors (Lipinski definition) is 2. The predicted molar refractivity (Wildman–Crippen MR) is 93.6 cm³/mol. The SMILES string of the molecule is CC(C)(C)OC(=O)NC(Cc1ccccc1)C(=O)C1CCS(=O)(=O)N1. The van der Waals surface area contributed by atoms with Gasteiger partial charge in [-0.1, -0.05) is 30.3 Å². The summed E-state index contributed by atoms with van der Waals surface area (Å²) < 4.78 is 30.7. The molecule has 1 aliphatic heterocycles.